The van der Waals surface area contributed by atoms with Crippen LogP contribution in [0.3, 0.4) is 0 Å². The summed E-state index contributed by atoms with van der Waals surface area (Å²) in [6.07, 6.45) is 4.23. The topological polar surface area (TPSA) is 60.2 Å². The van der Waals surface area contributed by atoms with E-state index in [1.165, 1.54) is 7.05 Å². The first kappa shape index (κ1) is 15.8. The number of hydrogen-bond acceptors (Lipinski definition) is 4. The highest BCUT2D eigenvalue weighted by Gasteiger charge is 2.12. The van der Waals surface area contributed by atoms with Gasteiger partial charge in [-0.3, -0.25) is 10.8 Å². The molecule has 0 amide bonds. The first-order valence-electron chi connectivity index (χ1n) is 5.84. The van der Waals surface area contributed by atoms with Crippen molar-refractivity contribution in [1.82, 2.24) is 5.12 Å². The molecule has 5 heteroatoms. The Morgan fingerprint density at radius 3 is 2.47 bits per heavy atom. The standard InChI is InChI=1S/C12H22FN3O/c1-4-5-6-7-8-17-12(15)11(14)10(2)9-16(3)13/h14-15H,2,4-9H2,1,3H3. The van der Waals surface area contributed by atoms with Crippen LogP contribution in [0.15, 0.2) is 12.2 Å². The third-order valence-corrected chi connectivity index (χ3v) is 2.23. The predicted octanol–water partition coefficient (Wildman–Crippen LogP) is 2.95. The van der Waals surface area contributed by atoms with Gasteiger partial charge in [-0.25, -0.2) is 0 Å². The number of hydrogen-bond donors (Lipinski definition) is 2. The molecule has 0 bridgehead atoms. The Labute approximate surface area is 102 Å². The molecule has 0 aliphatic heterocycles. The van der Waals surface area contributed by atoms with E-state index in [0.29, 0.717) is 11.7 Å². The van der Waals surface area contributed by atoms with Crippen molar-refractivity contribution in [2.24, 2.45) is 0 Å². The molecule has 0 radical (unpaired) electrons. The highest BCUT2D eigenvalue weighted by Crippen LogP contribution is 2.02. The van der Waals surface area contributed by atoms with Gasteiger partial charge in [0.05, 0.1) is 13.2 Å². The Hall–Kier alpha value is -1.23. The van der Waals surface area contributed by atoms with Gasteiger partial charge < -0.3 is 4.74 Å². The van der Waals surface area contributed by atoms with Crippen LogP contribution in [0.1, 0.15) is 32.6 Å². The second kappa shape index (κ2) is 8.87. The number of unbranched alkanes of at least 4 members (excludes halogenated alkanes) is 3. The quantitative estimate of drug-likeness (QED) is 0.283. The first-order valence-corrected chi connectivity index (χ1v) is 5.84. The summed E-state index contributed by atoms with van der Waals surface area (Å²) < 4.78 is 17.6. The van der Waals surface area contributed by atoms with Crippen LogP contribution in [-0.2, 0) is 4.74 Å². The zero-order chi connectivity index (χ0) is 13.3. The van der Waals surface area contributed by atoms with Crippen LogP contribution in [0.2, 0.25) is 0 Å². The van der Waals surface area contributed by atoms with Crippen molar-refractivity contribution >= 4 is 11.6 Å². The van der Waals surface area contributed by atoms with Gasteiger partial charge >= 0.3 is 0 Å². The van der Waals surface area contributed by atoms with E-state index in [2.05, 4.69) is 13.5 Å². The van der Waals surface area contributed by atoms with Crippen molar-refractivity contribution < 1.29 is 9.22 Å². The average Bonchev–Trinajstić information content (AvgIpc) is 2.26. The van der Waals surface area contributed by atoms with Gasteiger partial charge in [-0.15, -0.1) is 9.60 Å². The highest BCUT2D eigenvalue weighted by molar-refractivity contribution is 6.43. The lowest BCUT2D eigenvalue weighted by atomic mass is 10.2. The predicted molar refractivity (Wildman–Crippen MR) is 68.4 cm³/mol. The van der Waals surface area contributed by atoms with Gasteiger partial charge in [0, 0.05) is 7.05 Å². The van der Waals surface area contributed by atoms with Crippen molar-refractivity contribution in [3.63, 3.8) is 0 Å². The SMILES string of the molecule is C=C(CN(C)F)C(=N)C(=N)OCCCCCC. The summed E-state index contributed by atoms with van der Waals surface area (Å²) in [4.78, 5) is 0. The van der Waals surface area contributed by atoms with Crippen molar-refractivity contribution in [3.05, 3.63) is 12.2 Å². The van der Waals surface area contributed by atoms with E-state index >= 15 is 0 Å². The van der Waals surface area contributed by atoms with Gasteiger partial charge in [-0.05, 0) is 12.0 Å². The smallest absolute Gasteiger partial charge is 0.232 e. The molecule has 0 aliphatic carbocycles. The van der Waals surface area contributed by atoms with Gasteiger partial charge in [0.15, 0.2) is 0 Å². The second-order valence-electron chi connectivity index (χ2n) is 3.98. The van der Waals surface area contributed by atoms with Gasteiger partial charge in [0.1, 0.15) is 5.71 Å². The van der Waals surface area contributed by atoms with Crippen LogP contribution in [0.5, 0.6) is 0 Å². The summed E-state index contributed by atoms with van der Waals surface area (Å²) in [5.41, 5.74) is 0.110. The number of ether oxygens (including phenoxy) is 1. The molecule has 98 valence electrons. The number of rotatable bonds is 9. The van der Waals surface area contributed by atoms with E-state index in [9.17, 15) is 4.48 Å². The number of halogens is 1. The molecule has 0 aliphatic rings. The lowest BCUT2D eigenvalue weighted by Gasteiger charge is -2.11. The van der Waals surface area contributed by atoms with E-state index < -0.39 is 0 Å². The molecular formula is C12H22FN3O. The van der Waals surface area contributed by atoms with Crippen molar-refractivity contribution in [1.29, 1.82) is 10.8 Å². The minimum absolute atomic E-state index is 0.0829. The summed E-state index contributed by atoms with van der Waals surface area (Å²) in [7, 11) is 1.24. The zero-order valence-corrected chi connectivity index (χ0v) is 10.7. The zero-order valence-electron chi connectivity index (χ0n) is 10.7. The maximum atomic E-state index is 12.5. The van der Waals surface area contributed by atoms with Gasteiger partial charge in [-0.2, -0.15) is 0 Å². The molecule has 0 unspecified atom stereocenters. The molecule has 0 atom stereocenters. The van der Waals surface area contributed by atoms with Crippen molar-refractivity contribution in [2.45, 2.75) is 32.6 Å². The summed E-state index contributed by atoms with van der Waals surface area (Å²) in [6, 6.07) is 0. The molecule has 4 nitrogen and oxygen atoms in total. The first-order chi connectivity index (χ1) is 7.99. The molecule has 17 heavy (non-hydrogen) atoms. The molecule has 0 saturated carbocycles. The van der Waals surface area contributed by atoms with Gasteiger partial charge in [-0.1, -0.05) is 32.8 Å². The Morgan fingerprint density at radius 2 is 1.94 bits per heavy atom. The maximum absolute atomic E-state index is 12.5. The second-order valence-corrected chi connectivity index (χ2v) is 3.98. The van der Waals surface area contributed by atoms with E-state index in [1.807, 2.05) is 0 Å². The maximum Gasteiger partial charge on any atom is 0.232 e. The lowest BCUT2D eigenvalue weighted by molar-refractivity contribution is 0.0746. The third-order valence-electron chi connectivity index (χ3n) is 2.23. The molecular weight excluding hydrogens is 221 g/mol. The summed E-state index contributed by atoms with van der Waals surface area (Å²) in [6.45, 7) is 6.02. The largest absolute Gasteiger partial charge is 0.477 e. The highest BCUT2D eigenvalue weighted by atomic mass is 19.2. The van der Waals surface area contributed by atoms with E-state index in [0.717, 1.165) is 25.7 Å². The van der Waals surface area contributed by atoms with Gasteiger partial charge in [0.25, 0.3) is 0 Å². The molecule has 0 rings (SSSR count). The van der Waals surface area contributed by atoms with E-state index in [1.54, 1.807) is 0 Å². The Bertz CT molecular complexity index is 277. The number of likely N-dealkylation sites (N-methyl/N-ethyl adjacent to an activating group) is 1. The molecule has 0 aromatic rings. The van der Waals surface area contributed by atoms with Crippen LogP contribution >= 0.6 is 0 Å². The minimum atomic E-state index is -0.228. The molecule has 0 fully saturated rings. The fraction of sp³-hybridized carbons (Fsp3) is 0.667. The lowest BCUT2D eigenvalue weighted by Crippen LogP contribution is -2.23. The van der Waals surface area contributed by atoms with Crippen molar-refractivity contribution in [3.8, 4) is 0 Å². The van der Waals surface area contributed by atoms with Crippen LogP contribution in [-0.4, -0.2) is 36.9 Å². The van der Waals surface area contributed by atoms with Crippen LogP contribution < -0.4 is 0 Å². The molecule has 2 N–H and O–H groups in total. The minimum Gasteiger partial charge on any atom is -0.477 e. The van der Waals surface area contributed by atoms with Crippen LogP contribution in [0.25, 0.3) is 0 Å². The number of nitrogens with zero attached hydrogens (tertiary/aromatic N) is 1. The monoisotopic (exact) mass is 243 g/mol. The molecule has 0 saturated heterocycles. The molecule has 0 heterocycles. The van der Waals surface area contributed by atoms with Crippen LogP contribution in [0.4, 0.5) is 4.48 Å². The normalized spacial score (nSPS) is 10.4. The van der Waals surface area contributed by atoms with E-state index in [4.69, 9.17) is 15.6 Å². The third kappa shape index (κ3) is 7.63. The molecule has 0 aromatic heterocycles. The summed E-state index contributed by atoms with van der Waals surface area (Å²) in [5, 5.41) is 15.5. The Balaban J connectivity index is 3.82. The van der Waals surface area contributed by atoms with E-state index in [-0.39, 0.29) is 23.7 Å². The molecule has 0 spiro atoms. The Morgan fingerprint density at radius 1 is 1.29 bits per heavy atom. The van der Waals surface area contributed by atoms with Crippen LogP contribution in [0, 0.1) is 10.8 Å². The summed E-state index contributed by atoms with van der Waals surface area (Å²) >= 11 is 0. The summed E-state index contributed by atoms with van der Waals surface area (Å²) in [5.74, 6) is -0.228. The fourth-order valence-electron chi connectivity index (χ4n) is 1.28. The fourth-order valence-corrected chi connectivity index (χ4v) is 1.28. The number of nitrogens with one attached hydrogen (secondary N) is 2. The van der Waals surface area contributed by atoms with Crippen molar-refractivity contribution in [2.75, 3.05) is 20.2 Å². The molecule has 0 aromatic carbocycles. The van der Waals surface area contributed by atoms with Gasteiger partial charge in [0.2, 0.25) is 5.90 Å². The average molecular weight is 243 g/mol. The Kier molecular flexibility index (Phi) is 8.23.